The van der Waals surface area contributed by atoms with E-state index in [1.54, 1.807) is 7.11 Å². The number of fused-ring (bicyclic) bond motifs is 2. The van der Waals surface area contributed by atoms with Crippen molar-refractivity contribution in [3.05, 3.63) is 76.2 Å². The summed E-state index contributed by atoms with van der Waals surface area (Å²) in [7, 11) is 1.58. The zero-order valence-corrected chi connectivity index (χ0v) is 11.8. The monoisotopic (exact) mass is 287 g/mol. The van der Waals surface area contributed by atoms with Gasteiger partial charge in [-0.1, -0.05) is 48.3 Å². The molecule has 0 spiro atoms. The minimum atomic E-state index is -0.0165. The number of amidine groups is 3. The van der Waals surface area contributed by atoms with E-state index < -0.39 is 0 Å². The van der Waals surface area contributed by atoms with E-state index in [-0.39, 0.29) is 5.84 Å². The first-order valence-corrected chi connectivity index (χ1v) is 6.83. The van der Waals surface area contributed by atoms with Crippen LogP contribution in [0.2, 0.25) is 0 Å². The van der Waals surface area contributed by atoms with E-state index in [1.165, 1.54) is 0 Å². The maximum absolute atomic E-state index is 9.92. The highest BCUT2D eigenvalue weighted by molar-refractivity contribution is 6.29. The lowest BCUT2D eigenvalue weighted by molar-refractivity contribution is 0.406. The summed E-state index contributed by atoms with van der Waals surface area (Å²) in [6.45, 7) is 0. The Morgan fingerprint density at radius 2 is 1.50 bits per heavy atom. The van der Waals surface area contributed by atoms with Gasteiger partial charge in [-0.05, 0) is 11.6 Å². The first-order valence-electron chi connectivity index (χ1n) is 6.83. The fourth-order valence-corrected chi connectivity index (χ4v) is 2.60. The Morgan fingerprint density at radius 3 is 2.23 bits per heavy atom. The first kappa shape index (κ1) is 12.6. The second-order valence-corrected chi connectivity index (χ2v) is 4.91. The summed E-state index contributed by atoms with van der Waals surface area (Å²) in [5, 5.41) is 9.92. The number of methoxy groups -OCH3 is 1. The van der Waals surface area contributed by atoms with Crippen molar-refractivity contribution in [3.63, 3.8) is 0 Å². The molecule has 2 aromatic carbocycles. The van der Waals surface area contributed by atoms with Crippen LogP contribution >= 0.6 is 0 Å². The molecule has 2 aromatic rings. The smallest absolute Gasteiger partial charge is 0.223 e. The third kappa shape index (κ3) is 1.79. The van der Waals surface area contributed by atoms with Gasteiger partial charge in [0.2, 0.25) is 5.90 Å². The van der Waals surface area contributed by atoms with E-state index >= 15 is 0 Å². The molecule has 2 aliphatic rings. The number of benzene rings is 2. The molecule has 0 aliphatic carbocycles. The van der Waals surface area contributed by atoms with Gasteiger partial charge in [0.25, 0.3) is 0 Å². The normalized spacial score (nSPS) is 17.1. The third-order valence-electron chi connectivity index (χ3n) is 3.63. The topological polar surface area (TPSA) is 68.6 Å². The molecule has 22 heavy (non-hydrogen) atoms. The lowest BCUT2D eigenvalue weighted by atomic mass is 10.1. The fraction of sp³-hybridized carbons (Fsp3) is 0.0588. The van der Waals surface area contributed by atoms with Crippen LogP contribution in [0.15, 0.2) is 63.5 Å². The standard InChI is InChI=1S/C17H11N4O/c1-22-17-13-9-5-4-8-12(13)16(21-17)20-15-11-7-3-2-6-10(11)14(18)19-15/h2-9H,1H3/q-1. The average molecular weight is 287 g/mol. The van der Waals surface area contributed by atoms with Gasteiger partial charge in [0, 0.05) is 16.7 Å². The Balaban J connectivity index is 1.84. The van der Waals surface area contributed by atoms with Crippen molar-refractivity contribution >= 4 is 23.4 Å². The van der Waals surface area contributed by atoms with Crippen LogP contribution in [-0.4, -0.2) is 30.5 Å². The predicted octanol–water partition coefficient (Wildman–Crippen LogP) is 2.62. The molecular weight excluding hydrogens is 276 g/mol. The van der Waals surface area contributed by atoms with Gasteiger partial charge in [-0.25, -0.2) is 4.99 Å². The van der Waals surface area contributed by atoms with Crippen molar-refractivity contribution in [1.82, 2.24) is 0 Å². The summed E-state index contributed by atoms with van der Waals surface area (Å²) in [5.74, 6) is 1.52. The molecule has 4 rings (SSSR count). The van der Waals surface area contributed by atoms with Gasteiger partial charge in [0.05, 0.1) is 12.9 Å². The van der Waals surface area contributed by atoms with Gasteiger partial charge in [-0.15, -0.1) is 0 Å². The molecule has 0 N–H and O–H groups in total. The summed E-state index contributed by atoms with van der Waals surface area (Å²) >= 11 is 0. The molecule has 0 unspecified atom stereocenters. The molecule has 0 atom stereocenters. The van der Waals surface area contributed by atoms with Crippen LogP contribution in [0.25, 0.3) is 5.41 Å². The van der Waals surface area contributed by atoms with Crippen LogP contribution in [0.4, 0.5) is 0 Å². The highest BCUT2D eigenvalue weighted by Crippen LogP contribution is 2.23. The van der Waals surface area contributed by atoms with E-state index in [4.69, 9.17) is 4.74 Å². The Bertz CT molecular complexity index is 893. The van der Waals surface area contributed by atoms with E-state index in [0.29, 0.717) is 23.1 Å². The zero-order chi connectivity index (χ0) is 15.1. The van der Waals surface area contributed by atoms with Crippen LogP contribution in [-0.2, 0) is 4.74 Å². The molecule has 5 nitrogen and oxygen atoms in total. The minimum Gasteiger partial charge on any atom is -0.480 e. The number of ether oxygens (including phenoxy) is 1. The molecule has 2 heterocycles. The summed E-state index contributed by atoms with van der Waals surface area (Å²) in [4.78, 5) is 13.1. The van der Waals surface area contributed by atoms with Crippen LogP contribution in [0.5, 0.6) is 0 Å². The van der Waals surface area contributed by atoms with Crippen molar-refractivity contribution in [2.75, 3.05) is 7.11 Å². The van der Waals surface area contributed by atoms with Gasteiger partial charge >= 0.3 is 0 Å². The van der Waals surface area contributed by atoms with Gasteiger partial charge in [0.15, 0.2) is 5.84 Å². The van der Waals surface area contributed by atoms with Crippen molar-refractivity contribution in [2.24, 2.45) is 15.0 Å². The lowest BCUT2D eigenvalue weighted by Gasteiger charge is -2.03. The second kappa shape index (κ2) is 4.73. The van der Waals surface area contributed by atoms with Crippen LogP contribution < -0.4 is 0 Å². The summed E-state index contributed by atoms with van der Waals surface area (Å²) < 4.78 is 5.30. The van der Waals surface area contributed by atoms with E-state index in [2.05, 4.69) is 15.0 Å². The Labute approximate surface area is 127 Å². The maximum atomic E-state index is 9.92. The Kier molecular flexibility index (Phi) is 2.72. The molecule has 106 valence electrons. The molecule has 0 saturated carbocycles. The molecule has 5 heteroatoms. The molecule has 0 radical (unpaired) electrons. The summed E-state index contributed by atoms with van der Waals surface area (Å²) in [5.41, 5.74) is 3.28. The number of rotatable bonds is 0. The van der Waals surface area contributed by atoms with Gasteiger partial charge in [0.1, 0.15) is 0 Å². The molecular formula is C17H11N4O-. The highest BCUT2D eigenvalue weighted by atomic mass is 16.5. The van der Waals surface area contributed by atoms with Crippen LogP contribution in [0, 0.1) is 0 Å². The summed E-state index contributed by atoms with van der Waals surface area (Å²) in [6.07, 6.45) is 0. The number of hydrogen-bond donors (Lipinski definition) is 0. The van der Waals surface area contributed by atoms with Crippen LogP contribution in [0.1, 0.15) is 22.3 Å². The van der Waals surface area contributed by atoms with Crippen molar-refractivity contribution in [2.45, 2.75) is 0 Å². The molecule has 0 amide bonds. The molecule has 2 aliphatic heterocycles. The molecule has 0 saturated heterocycles. The molecule has 0 fully saturated rings. The minimum absolute atomic E-state index is 0.0165. The van der Waals surface area contributed by atoms with Crippen molar-refractivity contribution in [3.8, 4) is 0 Å². The molecule has 0 aromatic heterocycles. The first-order chi connectivity index (χ1) is 10.8. The second-order valence-electron chi connectivity index (χ2n) is 4.91. The average Bonchev–Trinajstić information content (AvgIpc) is 3.07. The largest absolute Gasteiger partial charge is 0.480 e. The predicted molar refractivity (Wildman–Crippen MR) is 87.0 cm³/mol. The number of nitrogens with zero attached hydrogens (tertiary/aromatic N) is 4. The number of hydrogen-bond acceptors (Lipinski definition) is 2. The van der Waals surface area contributed by atoms with Gasteiger partial charge < -0.3 is 15.1 Å². The highest BCUT2D eigenvalue weighted by Gasteiger charge is 2.22. The van der Waals surface area contributed by atoms with Crippen molar-refractivity contribution < 1.29 is 4.74 Å². The lowest BCUT2D eigenvalue weighted by Crippen LogP contribution is -2.01. The van der Waals surface area contributed by atoms with Crippen molar-refractivity contribution in [1.29, 1.82) is 0 Å². The zero-order valence-electron chi connectivity index (χ0n) is 11.8. The Hall–Kier alpha value is -3.08. The quantitative estimate of drug-likeness (QED) is 0.734. The SMILES string of the molecule is COC1=NC(=NC2=NC(=[N-])c3ccccc32)c2ccccc21. The maximum Gasteiger partial charge on any atom is 0.223 e. The summed E-state index contributed by atoms with van der Waals surface area (Å²) in [6, 6.07) is 15.2. The third-order valence-corrected chi connectivity index (χ3v) is 3.63. The van der Waals surface area contributed by atoms with Gasteiger partial charge in [-0.2, -0.15) is 4.99 Å². The number of aliphatic imine (C=N–C) groups is 3. The van der Waals surface area contributed by atoms with E-state index in [0.717, 1.165) is 16.7 Å². The van der Waals surface area contributed by atoms with Gasteiger partial charge in [-0.3, -0.25) is 0 Å². The Morgan fingerprint density at radius 1 is 0.864 bits per heavy atom. The van der Waals surface area contributed by atoms with E-state index in [9.17, 15) is 5.41 Å². The van der Waals surface area contributed by atoms with Crippen LogP contribution in [0.3, 0.4) is 0 Å². The van der Waals surface area contributed by atoms with E-state index in [1.807, 2.05) is 48.5 Å². The molecule has 0 bridgehead atoms. The fourth-order valence-electron chi connectivity index (χ4n) is 2.60.